The van der Waals surface area contributed by atoms with Gasteiger partial charge in [0.25, 0.3) is 10.1 Å². The Morgan fingerprint density at radius 2 is 1.82 bits per heavy atom. The summed E-state index contributed by atoms with van der Waals surface area (Å²) >= 11 is 0. The van der Waals surface area contributed by atoms with Crippen LogP contribution in [0.15, 0.2) is 24.3 Å². The third-order valence-electron chi connectivity index (χ3n) is 9.49. The number of methoxy groups -OCH3 is 2. The fourth-order valence-electron chi connectivity index (χ4n) is 8.88. The van der Waals surface area contributed by atoms with Crippen molar-refractivity contribution in [2.45, 2.75) is 55.2 Å². The van der Waals surface area contributed by atoms with Crippen molar-refractivity contribution in [2.24, 2.45) is 11.3 Å². The lowest BCUT2D eigenvalue weighted by Gasteiger charge is -2.71. The lowest BCUT2D eigenvalue weighted by molar-refractivity contribution is -0.201. The van der Waals surface area contributed by atoms with Gasteiger partial charge in [-0.1, -0.05) is 18.2 Å². The van der Waals surface area contributed by atoms with Crippen LogP contribution in [0.5, 0.6) is 0 Å². The second-order valence-corrected chi connectivity index (χ2v) is 12.1. The summed E-state index contributed by atoms with van der Waals surface area (Å²) < 4.78 is 41.3. The lowest BCUT2D eigenvalue weighted by Crippen LogP contribution is -2.83. The van der Waals surface area contributed by atoms with Crippen molar-refractivity contribution in [3.05, 3.63) is 29.8 Å². The molecule has 34 heavy (non-hydrogen) atoms. The lowest BCUT2D eigenvalue weighted by atomic mass is 9.38. The van der Waals surface area contributed by atoms with Gasteiger partial charge in [-0.3, -0.25) is 18.8 Å². The van der Waals surface area contributed by atoms with Gasteiger partial charge in [-0.15, -0.1) is 0 Å². The smallest absolute Gasteiger partial charge is 0.414 e. The SMILES string of the molecule is COC(=O)[C@H]1C[C@@]23CCCN4CC[C@@]5(c6ccccc6N(C(=O)OC)[C@]15C[C@H]2OS(C)(=O)=O)[C@@H]43. The van der Waals surface area contributed by atoms with E-state index in [1.807, 2.05) is 18.2 Å². The minimum atomic E-state index is -3.77. The van der Waals surface area contributed by atoms with E-state index in [0.717, 1.165) is 49.9 Å². The monoisotopic (exact) mass is 490 g/mol. The van der Waals surface area contributed by atoms with E-state index in [4.69, 9.17) is 13.7 Å². The van der Waals surface area contributed by atoms with Crippen molar-refractivity contribution in [2.75, 3.05) is 38.5 Å². The first kappa shape index (κ1) is 22.3. The number of hydrogen-bond donors (Lipinski definition) is 0. The zero-order valence-electron chi connectivity index (χ0n) is 19.7. The van der Waals surface area contributed by atoms with Gasteiger partial charge in [-0.2, -0.15) is 8.42 Å². The number of piperidine rings is 1. The molecule has 0 unspecified atom stereocenters. The van der Waals surface area contributed by atoms with Crippen LogP contribution >= 0.6 is 0 Å². The van der Waals surface area contributed by atoms with E-state index in [1.54, 1.807) is 4.90 Å². The summed E-state index contributed by atoms with van der Waals surface area (Å²) in [5.74, 6) is -1.00. The number of para-hydroxylation sites is 1. The number of carbonyl (C=O) groups is 2. The molecule has 0 N–H and O–H groups in total. The number of anilines is 1. The molecule has 1 aromatic rings. The van der Waals surface area contributed by atoms with Crippen LogP contribution in [0.25, 0.3) is 0 Å². The first-order chi connectivity index (χ1) is 16.2. The Morgan fingerprint density at radius 1 is 1.06 bits per heavy atom. The first-order valence-corrected chi connectivity index (χ1v) is 13.7. The van der Waals surface area contributed by atoms with Crippen molar-refractivity contribution in [1.29, 1.82) is 0 Å². The molecule has 0 aromatic heterocycles. The van der Waals surface area contributed by atoms with Gasteiger partial charge in [0.1, 0.15) is 0 Å². The highest BCUT2D eigenvalue weighted by Gasteiger charge is 2.84. The summed E-state index contributed by atoms with van der Waals surface area (Å²) in [5.41, 5.74) is -0.383. The molecule has 0 radical (unpaired) electrons. The zero-order valence-corrected chi connectivity index (χ0v) is 20.5. The topological polar surface area (TPSA) is 102 Å². The van der Waals surface area contributed by atoms with Crippen molar-refractivity contribution in [1.82, 2.24) is 4.90 Å². The van der Waals surface area contributed by atoms with Crippen LogP contribution in [0.2, 0.25) is 0 Å². The number of esters is 1. The molecule has 3 aliphatic heterocycles. The van der Waals surface area contributed by atoms with Gasteiger partial charge in [-0.25, -0.2) is 4.79 Å². The molecule has 2 saturated heterocycles. The van der Waals surface area contributed by atoms with Gasteiger partial charge < -0.3 is 9.47 Å². The first-order valence-electron chi connectivity index (χ1n) is 11.8. The Labute approximate surface area is 199 Å². The highest BCUT2D eigenvalue weighted by molar-refractivity contribution is 7.86. The second-order valence-electron chi connectivity index (χ2n) is 10.5. The minimum absolute atomic E-state index is 0.0500. The highest BCUT2D eigenvalue weighted by atomic mass is 32.2. The average Bonchev–Trinajstić information content (AvgIpc) is 3.33. The Bertz CT molecular complexity index is 1190. The van der Waals surface area contributed by atoms with Crippen molar-refractivity contribution in [3.63, 3.8) is 0 Å². The molecule has 1 aromatic carbocycles. The molecule has 2 bridgehead atoms. The Hall–Kier alpha value is -2.17. The normalized spacial score (nSPS) is 39.9. The molecule has 3 aliphatic carbocycles. The van der Waals surface area contributed by atoms with Gasteiger partial charge in [0.15, 0.2) is 0 Å². The van der Waals surface area contributed by atoms with E-state index in [1.165, 1.54) is 14.2 Å². The third-order valence-corrected chi connectivity index (χ3v) is 10.1. The Morgan fingerprint density at radius 3 is 2.53 bits per heavy atom. The van der Waals surface area contributed by atoms with Gasteiger partial charge in [0.05, 0.1) is 43.7 Å². The summed E-state index contributed by atoms with van der Waals surface area (Å²) in [4.78, 5) is 31.0. The van der Waals surface area contributed by atoms with E-state index in [0.29, 0.717) is 6.42 Å². The van der Waals surface area contributed by atoms with E-state index < -0.39 is 44.6 Å². The second kappa shape index (κ2) is 6.95. The fourth-order valence-corrected chi connectivity index (χ4v) is 9.56. The zero-order chi connectivity index (χ0) is 24.1. The number of fused-ring (bicyclic) bond motifs is 3. The van der Waals surface area contributed by atoms with Gasteiger partial charge in [-0.05, 0) is 50.4 Å². The van der Waals surface area contributed by atoms with Crippen LogP contribution in [0.4, 0.5) is 10.5 Å². The molecule has 184 valence electrons. The Kier molecular flexibility index (Phi) is 4.56. The van der Waals surface area contributed by atoms with Gasteiger partial charge in [0, 0.05) is 23.3 Å². The largest absolute Gasteiger partial charge is 0.469 e. The predicted octanol–water partition coefficient (Wildman–Crippen LogP) is 2.05. The highest BCUT2D eigenvalue weighted by Crippen LogP contribution is 2.76. The van der Waals surface area contributed by atoms with Crippen LogP contribution in [-0.4, -0.2) is 76.6 Å². The average molecular weight is 491 g/mol. The molecule has 6 aliphatic rings. The number of carbonyl (C=O) groups excluding carboxylic acids is 2. The summed E-state index contributed by atoms with van der Waals surface area (Å²) in [6, 6.07) is 7.77. The van der Waals surface area contributed by atoms with Crippen LogP contribution in [0.3, 0.4) is 0 Å². The Balaban J connectivity index is 1.69. The molecular weight excluding hydrogens is 460 g/mol. The maximum absolute atomic E-state index is 13.5. The molecule has 5 fully saturated rings. The predicted molar refractivity (Wildman–Crippen MR) is 122 cm³/mol. The number of amides is 1. The standard InChI is InChI=1S/C24H30N2O7S/c1-31-19(27)16-13-22-9-6-11-25-12-10-23(20(22)25)15-7-4-5-8-17(15)26(21(28)32-2)24(16,23)14-18(22)33-34(3,29)30/h4-5,7-8,16,18,20H,6,9-14H2,1-3H3/t16-,18-,20+,22+,23-,24-/m1/s1. The van der Waals surface area contributed by atoms with E-state index >= 15 is 0 Å². The van der Waals surface area contributed by atoms with Crippen LogP contribution in [0, 0.1) is 11.3 Å². The quantitative estimate of drug-likeness (QED) is 0.469. The van der Waals surface area contributed by atoms with Crippen LogP contribution in [-0.2, 0) is 34.0 Å². The molecule has 3 spiro atoms. The number of benzene rings is 1. The molecule has 9 nitrogen and oxygen atoms in total. The van der Waals surface area contributed by atoms with Crippen molar-refractivity contribution in [3.8, 4) is 0 Å². The fraction of sp³-hybridized carbons (Fsp3) is 0.667. The summed E-state index contributed by atoms with van der Waals surface area (Å²) in [6.07, 6.45) is 2.94. The number of rotatable bonds is 3. The van der Waals surface area contributed by atoms with Crippen LogP contribution < -0.4 is 4.90 Å². The summed E-state index contributed by atoms with van der Waals surface area (Å²) in [7, 11) is -1.06. The van der Waals surface area contributed by atoms with E-state index in [2.05, 4.69) is 11.0 Å². The van der Waals surface area contributed by atoms with Crippen molar-refractivity contribution >= 4 is 27.9 Å². The number of nitrogens with zero attached hydrogens (tertiary/aromatic N) is 2. The summed E-state index contributed by atoms with van der Waals surface area (Å²) in [6.45, 7) is 1.72. The molecular formula is C24H30N2O7S. The molecule has 3 heterocycles. The van der Waals surface area contributed by atoms with Gasteiger partial charge in [0.2, 0.25) is 0 Å². The maximum Gasteiger partial charge on any atom is 0.414 e. The summed E-state index contributed by atoms with van der Waals surface area (Å²) in [5, 5.41) is 0. The minimum Gasteiger partial charge on any atom is -0.469 e. The van der Waals surface area contributed by atoms with Gasteiger partial charge >= 0.3 is 12.1 Å². The number of hydrogen-bond acceptors (Lipinski definition) is 8. The maximum atomic E-state index is 13.5. The third kappa shape index (κ3) is 2.39. The molecule has 1 amide bonds. The van der Waals surface area contributed by atoms with Crippen LogP contribution in [0.1, 0.15) is 37.7 Å². The number of ether oxygens (including phenoxy) is 2. The molecule has 7 rings (SSSR count). The van der Waals surface area contributed by atoms with Crippen molar-refractivity contribution < 1.29 is 31.7 Å². The van der Waals surface area contributed by atoms with E-state index in [-0.39, 0.29) is 18.4 Å². The molecule has 10 heteroatoms. The molecule has 3 saturated carbocycles. The van der Waals surface area contributed by atoms with E-state index in [9.17, 15) is 18.0 Å². The molecule has 6 atom stereocenters.